The molecule has 0 aliphatic rings. The van der Waals surface area contributed by atoms with E-state index in [2.05, 4.69) is 10.3 Å². The Labute approximate surface area is 152 Å². The van der Waals surface area contributed by atoms with Crippen molar-refractivity contribution >= 4 is 33.6 Å². The molecule has 1 N–H and O–H groups in total. The number of nitrogens with zero attached hydrogens (tertiary/aromatic N) is 3. The van der Waals surface area contributed by atoms with Gasteiger partial charge in [-0.1, -0.05) is 0 Å². The molecule has 0 saturated heterocycles. The smallest absolute Gasteiger partial charge is 0.370 e. The van der Waals surface area contributed by atoms with E-state index >= 15 is 0 Å². The predicted octanol–water partition coefficient (Wildman–Crippen LogP) is 4.51. The van der Waals surface area contributed by atoms with Gasteiger partial charge in [-0.3, -0.25) is 9.20 Å². The molecule has 0 radical (unpaired) electrons. The van der Waals surface area contributed by atoms with Gasteiger partial charge in [-0.2, -0.15) is 13.2 Å². The number of aromatic nitrogens is 2. The van der Waals surface area contributed by atoms with Gasteiger partial charge in [0.25, 0.3) is 5.91 Å². The second kappa shape index (κ2) is 6.99. The first-order valence-electron chi connectivity index (χ1n) is 8.03. The summed E-state index contributed by atoms with van der Waals surface area (Å²) in [5, 5.41) is 4.40. The quantitative estimate of drug-likeness (QED) is 0.706. The lowest BCUT2D eigenvalue weighted by molar-refractivity contribution is -0.137. The molecule has 138 valence electrons. The molecule has 0 unspecified atom stereocenters. The van der Waals surface area contributed by atoms with Crippen molar-refractivity contribution in [2.75, 3.05) is 23.3 Å². The number of nitrogens with one attached hydrogen (secondary N) is 1. The lowest BCUT2D eigenvalue weighted by Gasteiger charge is -2.25. The number of hydrogen-bond acceptors (Lipinski definition) is 4. The van der Waals surface area contributed by atoms with Crippen molar-refractivity contribution in [3.8, 4) is 0 Å². The van der Waals surface area contributed by atoms with Gasteiger partial charge in [0.1, 0.15) is 5.69 Å². The van der Waals surface area contributed by atoms with Crippen molar-refractivity contribution in [2.45, 2.75) is 20.0 Å². The van der Waals surface area contributed by atoms with Gasteiger partial charge in [-0.15, -0.1) is 11.3 Å². The minimum atomic E-state index is -4.49. The predicted molar refractivity (Wildman–Crippen MR) is 96.0 cm³/mol. The van der Waals surface area contributed by atoms with Crippen LogP contribution in [0.1, 0.15) is 29.9 Å². The van der Waals surface area contributed by atoms with E-state index in [9.17, 15) is 18.0 Å². The fraction of sp³-hybridized carbons (Fsp3) is 0.294. The van der Waals surface area contributed by atoms with Crippen LogP contribution in [-0.4, -0.2) is 28.4 Å². The highest BCUT2D eigenvalue weighted by molar-refractivity contribution is 7.15. The fourth-order valence-corrected chi connectivity index (χ4v) is 3.42. The lowest BCUT2D eigenvalue weighted by Crippen LogP contribution is -2.25. The molecule has 3 aromatic rings. The molecule has 1 aromatic carbocycles. The van der Waals surface area contributed by atoms with Crippen LogP contribution in [0.2, 0.25) is 0 Å². The van der Waals surface area contributed by atoms with Crippen LogP contribution >= 0.6 is 11.3 Å². The molecular weight excluding hydrogens is 365 g/mol. The number of fused-ring (bicyclic) bond motifs is 1. The summed E-state index contributed by atoms with van der Waals surface area (Å²) >= 11 is 1.37. The van der Waals surface area contributed by atoms with Gasteiger partial charge in [-0.05, 0) is 32.0 Å². The van der Waals surface area contributed by atoms with E-state index in [1.165, 1.54) is 23.6 Å². The van der Waals surface area contributed by atoms with Crippen LogP contribution in [-0.2, 0) is 6.18 Å². The second-order valence-corrected chi connectivity index (χ2v) is 6.43. The molecule has 0 bridgehead atoms. The Morgan fingerprint density at radius 3 is 2.69 bits per heavy atom. The van der Waals surface area contributed by atoms with Crippen LogP contribution in [0, 0.1) is 0 Å². The third-order valence-electron chi connectivity index (χ3n) is 4.06. The van der Waals surface area contributed by atoms with Crippen LogP contribution in [0.3, 0.4) is 0 Å². The number of amides is 1. The van der Waals surface area contributed by atoms with E-state index in [1.807, 2.05) is 18.7 Å². The SMILES string of the molecule is CCN(CC)c1ccc(C(F)(F)F)cc1NC(=O)c1cnc2sccn12. The number of imidazole rings is 1. The first-order valence-corrected chi connectivity index (χ1v) is 8.91. The summed E-state index contributed by atoms with van der Waals surface area (Å²) in [5.41, 5.74) is 0.128. The number of benzene rings is 1. The standard InChI is InChI=1S/C17H17F3N4OS/c1-3-23(4-2)13-6-5-11(17(18,19)20)9-12(13)22-15(25)14-10-21-16-24(14)7-8-26-16/h5-10H,3-4H2,1-2H3,(H,22,25). The highest BCUT2D eigenvalue weighted by Gasteiger charge is 2.31. The van der Waals surface area contributed by atoms with Crippen LogP contribution in [0.5, 0.6) is 0 Å². The van der Waals surface area contributed by atoms with Gasteiger partial charge in [-0.25, -0.2) is 4.98 Å². The number of carbonyl (C=O) groups is 1. The molecule has 9 heteroatoms. The number of thiazole rings is 1. The van der Waals surface area contributed by atoms with Gasteiger partial charge in [0, 0.05) is 24.7 Å². The van der Waals surface area contributed by atoms with Gasteiger partial charge in [0.15, 0.2) is 4.96 Å². The molecule has 2 heterocycles. The van der Waals surface area contributed by atoms with E-state index in [4.69, 9.17) is 0 Å². The summed E-state index contributed by atoms with van der Waals surface area (Å²) in [6.45, 7) is 5.01. The highest BCUT2D eigenvalue weighted by Crippen LogP contribution is 2.35. The molecule has 0 saturated carbocycles. The van der Waals surface area contributed by atoms with Gasteiger partial charge in [0.2, 0.25) is 0 Å². The van der Waals surface area contributed by atoms with E-state index in [-0.39, 0.29) is 11.4 Å². The Balaban J connectivity index is 2.00. The molecule has 2 aromatic heterocycles. The zero-order valence-electron chi connectivity index (χ0n) is 14.2. The van der Waals surface area contributed by atoms with E-state index in [1.54, 1.807) is 16.0 Å². The Morgan fingerprint density at radius 1 is 1.31 bits per heavy atom. The Bertz CT molecular complexity index is 928. The molecule has 0 spiro atoms. The fourth-order valence-electron chi connectivity index (χ4n) is 2.73. The number of anilines is 2. The number of rotatable bonds is 5. The molecular formula is C17H17F3N4OS. The van der Waals surface area contributed by atoms with Crippen molar-refractivity contribution in [1.29, 1.82) is 0 Å². The van der Waals surface area contributed by atoms with Gasteiger partial charge >= 0.3 is 6.18 Å². The van der Waals surface area contributed by atoms with Crippen LogP contribution in [0.25, 0.3) is 4.96 Å². The van der Waals surface area contributed by atoms with Crippen LogP contribution in [0.15, 0.2) is 36.0 Å². The largest absolute Gasteiger partial charge is 0.416 e. The minimum absolute atomic E-state index is 0.124. The number of carbonyl (C=O) groups excluding carboxylic acids is 1. The molecule has 0 aliphatic carbocycles. The summed E-state index contributed by atoms with van der Waals surface area (Å²) in [6, 6.07) is 3.39. The lowest BCUT2D eigenvalue weighted by atomic mass is 10.1. The Kier molecular flexibility index (Phi) is 4.90. The molecule has 0 fully saturated rings. The van der Waals surface area contributed by atoms with Crippen LogP contribution < -0.4 is 10.2 Å². The van der Waals surface area contributed by atoms with Crippen LogP contribution in [0.4, 0.5) is 24.5 Å². The maximum Gasteiger partial charge on any atom is 0.416 e. The molecule has 26 heavy (non-hydrogen) atoms. The van der Waals surface area contributed by atoms with Crippen molar-refractivity contribution in [3.05, 3.63) is 47.2 Å². The molecule has 3 rings (SSSR count). The van der Waals surface area contributed by atoms with Gasteiger partial charge in [0.05, 0.1) is 23.1 Å². The summed E-state index contributed by atoms with van der Waals surface area (Å²) in [4.78, 5) is 19.3. The zero-order valence-corrected chi connectivity index (χ0v) is 15.0. The van der Waals surface area contributed by atoms with Crippen molar-refractivity contribution in [3.63, 3.8) is 0 Å². The maximum absolute atomic E-state index is 13.1. The summed E-state index contributed by atoms with van der Waals surface area (Å²) in [6.07, 6.45) is -1.39. The first-order chi connectivity index (χ1) is 12.3. The van der Waals surface area contributed by atoms with Crippen molar-refractivity contribution < 1.29 is 18.0 Å². The molecule has 0 atom stereocenters. The normalized spacial score (nSPS) is 11.7. The molecule has 1 amide bonds. The first kappa shape index (κ1) is 18.2. The third kappa shape index (κ3) is 3.39. The Morgan fingerprint density at radius 2 is 2.04 bits per heavy atom. The number of halogens is 3. The molecule has 0 aliphatic heterocycles. The monoisotopic (exact) mass is 382 g/mol. The second-order valence-electron chi connectivity index (χ2n) is 5.56. The topological polar surface area (TPSA) is 49.6 Å². The van der Waals surface area contributed by atoms with E-state index in [0.29, 0.717) is 23.7 Å². The van der Waals surface area contributed by atoms with Gasteiger partial charge < -0.3 is 10.2 Å². The maximum atomic E-state index is 13.1. The number of hydrogen-bond donors (Lipinski definition) is 1. The molecule has 5 nitrogen and oxygen atoms in total. The highest BCUT2D eigenvalue weighted by atomic mass is 32.1. The zero-order chi connectivity index (χ0) is 18.9. The average molecular weight is 382 g/mol. The van der Waals surface area contributed by atoms with Crippen molar-refractivity contribution in [1.82, 2.24) is 9.38 Å². The Hall–Kier alpha value is -2.55. The average Bonchev–Trinajstić information content (AvgIpc) is 3.19. The summed E-state index contributed by atoms with van der Waals surface area (Å²) in [5.74, 6) is -0.511. The summed E-state index contributed by atoms with van der Waals surface area (Å²) in [7, 11) is 0. The van der Waals surface area contributed by atoms with E-state index in [0.717, 1.165) is 12.1 Å². The van der Waals surface area contributed by atoms with Crippen molar-refractivity contribution in [2.24, 2.45) is 0 Å². The summed E-state index contributed by atoms with van der Waals surface area (Å²) < 4.78 is 40.9. The minimum Gasteiger partial charge on any atom is -0.370 e. The van der Waals surface area contributed by atoms with E-state index < -0.39 is 17.6 Å². The third-order valence-corrected chi connectivity index (χ3v) is 4.83. The number of alkyl halides is 3.